The zero-order valence-corrected chi connectivity index (χ0v) is 8.17. The second kappa shape index (κ2) is 3.88. The molecular weight excluding hydrogens is 218 g/mol. The third-order valence-corrected chi connectivity index (χ3v) is 2.24. The molecule has 6 heteroatoms. The molecule has 0 unspecified atom stereocenters. The molecule has 2 rings (SSSR count). The van der Waals surface area contributed by atoms with E-state index in [1.807, 2.05) is 0 Å². The molecule has 1 fully saturated rings. The number of carbonyl (C=O) groups excluding carboxylic acids is 2. The Bertz CT molecular complexity index is 462. The number of carbonyl (C=O) groups is 2. The fourth-order valence-electron chi connectivity index (χ4n) is 1.47. The second-order valence-corrected chi connectivity index (χ2v) is 3.35. The van der Waals surface area contributed by atoms with Crippen LogP contribution in [0.5, 0.6) is 0 Å². The van der Waals surface area contributed by atoms with E-state index in [2.05, 4.69) is 5.32 Å². The number of hydrogen-bond donors (Lipinski definition) is 1. The zero-order chi connectivity index (χ0) is 11.7. The van der Waals surface area contributed by atoms with Gasteiger partial charge in [0, 0.05) is 6.07 Å². The Labute approximate surface area is 89.8 Å². The standard InChI is InChI=1S/C10H8F2N2O2/c11-6-1-2-7(12)8(3-6)14-5-9(15)13-4-10(14)16/h1-3H,4-5H2,(H,13,15). The van der Waals surface area contributed by atoms with Gasteiger partial charge in [-0.05, 0) is 12.1 Å². The molecule has 1 aliphatic heterocycles. The summed E-state index contributed by atoms with van der Waals surface area (Å²) in [6, 6.07) is 2.77. The van der Waals surface area contributed by atoms with E-state index in [-0.39, 0.29) is 18.8 Å². The molecule has 0 bridgehead atoms. The lowest BCUT2D eigenvalue weighted by Gasteiger charge is -2.26. The Hall–Kier alpha value is -1.98. The van der Waals surface area contributed by atoms with Gasteiger partial charge in [-0.15, -0.1) is 0 Å². The Morgan fingerprint density at radius 1 is 1.25 bits per heavy atom. The number of rotatable bonds is 1. The molecule has 84 valence electrons. The summed E-state index contributed by atoms with van der Waals surface area (Å²) in [6.45, 7) is -0.492. The highest BCUT2D eigenvalue weighted by atomic mass is 19.1. The average Bonchev–Trinajstić information content (AvgIpc) is 2.25. The molecule has 4 nitrogen and oxygen atoms in total. The van der Waals surface area contributed by atoms with Crippen LogP contribution in [-0.4, -0.2) is 24.9 Å². The predicted octanol–water partition coefficient (Wildman–Crippen LogP) is 0.428. The molecule has 1 aromatic carbocycles. The van der Waals surface area contributed by atoms with Crippen molar-refractivity contribution < 1.29 is 18.4 Å². The fraction of sp³-hybridized carbons (Fsp3) is 0.200. The number of anilines is 1. The Kier molecular flexibility index (Phi) is 2.55. The third-order valence-electron chi connectivity index (χ3n) is 2.24. The number of halogens is 2. The van der Waals surface area contributed by atoms with E-state index in [4.69, 9.17) is 0 Å². The van der Waals surface area contributed by atoms with Crippen LogP contribution in [0.1, 0.15) is 0 Å². The molecule has 0 spiro atoms. The lowest BCUT2D eigenvalue weighted by Crippen LogP contribution is -2.52. The molecular formula is C10H8F2N2O2. The summed E-state index contributed by atoms with van der Waals surface area (Å²) in [5.74, 6) is -2.26. The first-order valence-electron chi connectivity index (χ1n) is 4.60. The van der Waals surface area contributed by atoms with Crippen molar-refractivity contribution >= 4 is 17.5 Å². The molecule has 0 aliphatic carbocycles. The molecule has 1 N–H and O–H groups in total. The number of amides is 2. The lowest BCUT2D eigenvalue weighted by atomic mass is 10.2. The van der Waals surface area contributed by atoms with Gasteiger partial charge in [0.15, 0.2) is 0 Å². The summed E-state index contributed by atoms with van der Waals surface area (Å²) < 4.78 is 26.3. The highest BCUT2D eigenvalue weighted by molar-refractivity contribution is 6.04. The first-order valence-corrected chi connectivity index (χ1v) is 4.60. The van der Waals surface area contributed by atoms with Crippen LogP contribution >= 0.6 is 0 Å². The maximum absolute atomic E-state index is 13.4. The summed E-state index contributed by atoms with van der Waals surface area (Å²) in [5.41, 5.74) is -0.208. The normalized spacial score (nSPS) is 16.2. The van der Waals surface area contributed by atoms with Gasteiger partial charge >= 0.3 is 0 Å². The van der Waals surface area contributed by atoms with Crippen LogP contribution in [0, 0.1) is 11.6 Å². The molecule has 1 aromatic rings. The van der Waals surface area contributed by atoms with Gasteiger partial charge in [-0.3, -0.25) is 14.5 Å². The smallest absolute Gasteiger partial charge is 0.246 e. The lowest BCUT2D eigenvalue weighted by molar-refractivity contribution is -0.128. The molecule has 1 aliphatic rings. The summed E-state index contributed by atoms with van der Waals surface area (Å²) >= 11 is 0. The van der Waals surface area contributed by atoms with Crippen LogP contribution in [0.4, 0.5) is 14.5 Å². The van der Waals surface area contributed by atoms with Gasteiger partial charge in [-0.25, -0.2) is 8.78 Å². The van der Waals surface area contributed by atoms with Crippen molar-refractivity contribution in [3.8, 4) is 0 Å². The van der Waals surface area contributed by atoms with Gasteiger partial charge in [0.1, 0.15) is 18.2 Å². The molecule has 16 heavy (non-hydrogen) atoms. The van der Waals surface area contributed by atoms with Gasteiger partial charge in [0.25, 0.3) is 0 Å². The van der Waals surface area contributed by atoms with E-state index in [1.165, 1.54) is 0 Å². The van der Waals surface area contributed by atoms with Gasteiger partial charge < -0.3 is 5.32 Å². The summed E-state index contributed by atoms with van der Waals surface area (Å²) in [6.07, 6.45) is 0. The number of benzene rings is 1. The van der Waals surface area contributed by atoms with Crippen molar-refractivity contribution in [2.75, 3.05) is 18.0 Å². The summed E-state index contributed by atoms with van der Waals surface area (Å²) in [4.78, 5) is 23.4. The van der Waals surface area contributed by atoms with E-state index in [9.17, 15) is 18.4 Å². The minimum absolute atomic E-state index is 0.200. The van der Waals surface area contributed by atoms with Gasteiger partial charge in [-0.1, -0.05) is 0 Å². The molecule has 2 amide bonds. The van der Waals surface area contributed by atoms with Gasteiger partial charge in [-0.2, -0.15) is 0 Å². The highest BCUT2D eigenvalue weighted by Gasteiger charge is 2.26. The number of nitrogens with zero attached hydrogens (tertiary/aromatic N) is 1. The highest BCUT2D eigenvalue weighted by Crippen LogP contribution is 2.21. The third kappa shape index (κ3) is 1.86. The average molecular weight is 226 g/mol. The van der Waals surface area contributed by atoms with Crippen molar-refractivity contribution in [1.82, 2.24) is 5.32 Å². The van der Waals surface area contributed by atoms with Crippen molar-refractivity contribution in [1.29, 1.82) is 0 Å². The van der Waals surface area contributed by atoms with Crippen LogP contribution in [-0.2, 0) is 9.59 Å². The van der Waals surface area contributed by atoms with E-state index >= 15 is 0 Å². The van der Waals surface area contributed by atoms with Crippen molar-refractivity contribution in [3.63, 3.8) is 0 Å². The maximum Gasteiger partial charge on any atom is 0.246 e. The summed E-state index contributed by atoms with van der Waals surface area (Å²) in [5, 5.41) is 2.32. The van der Waals surface area contributed by atoms with E-state index in [0.717, 1.165) is 23.1 Å². The largest absolute Gasteiger partial charge is 0.345 e. The minimum Gasteiger partial charge on any atom is -0.345 e. The van der Waals surface area contributed by atoms with E-state index in [1.54, 1.807) is 0 Å². The van der Waals surface area contributed by atoms with Crippen molar-refractivity contribution in [2.45, 2.75) is 0 Å². The predicted molar refractivity (Wildman–Crippen MR) is 51.7 cm³/mol. The SMILES string of the molecule is O=C1CN(c2cc(F)ccc2F)C(=O)CN1. The fourth-order valence-corrected chi connectivity index (χ4v) is 1.47. The van der Waals surface area contributed by atoms with Crippen LogP contribution in [0.2, 0.25) is 0 Å². The number of hydrogen-bond acceptors (Lipinski definition) is 2. The van der Waals surface area contributed by atoms with Crippen LogP contribution in [0.15, 0.2) is 18.2 Å². The summed E-state index contributed by atoms with van der Waals surface area (Å²) in [7, 11) is 0. The molecule has 1 saturated heterocycles. The molecule has 0 saturated carbocycles. The van der Waals surface area contributed by atoms with E-state index in [0.29, 0.717) is 0 Å². The quantitative estimate of drug-likeness (QED) is 0.754. The topological polar surface area (TPSA) is 49.4 Å². The monoisotopic (exact) mass is 226 g/mol. The second-order valence-electron chi connectivity index (χ2n) is 3.35. The van der Waals surface area contributed by atoms with Crippen LogP contribution < -0.4 is 10.2 Å². The Morgan fingerprint density at radius 2 is 2.00 bits per heavy atom. The van der Waals surface area contributed by atoms with E-state index < -0.39 is 23.4 Å². The Morgan fingerprint density at radius 3 is 2.75 bits per heavy atom. The van der Waals surface area contributed by atoms with Gasteiger partial charge in [0.05, 0.1) is 12.2 Å². The first kappa shape index (κ1) is 10.5. The Balaban J connectivity index is 2.38. The number of nitrogens with one attached hydrogen (secondary N) is 1. The molecule has 1 heterocycles. The minimum atomic E-state index is -0.732. The zero-order valence-electron chi connectivity index (χ0n) is 8.17. The van der Waals surface area contributed by atoms with Crippen molar-refractivity contribution in [2.24, 2.45) is 0 Å². The number of piperazine rings is 1. The van der Waals surface area contributed by atoms with Crippen molar-refractivity contribution in [3.05, 3.63) is 29.8 Å². The molecule has 0 radical (unpaired) electrons. The maximum atomic E-state index is 13.4. The van der Waals surface area contributed by atoms with Crippen LogP contribution in [0.25, 0.3) is 0 Å². The van der Waals surface area contributed by atoms with Gasteiger partial charge in [0.2, 0.25) is 11.8 Å². The first-order chi connectivity index (χ1) is 7.58. The molecule has 0 aromatic heterocycles. The molecule has 0 atom stereocenters. The van der Waals surface area contributed by atoms with Crippen LogP contribution in [0.3, 0.4) is 0 Å².